The number of rotatable bonds is 6. The second kappa shape index (κ2) is 5.97. The summed E-state index contributed by atoms with van der Waals surface area (Å²) in [6, 6.07) is 5.37. The van der Waals surface area contributed by atoms with Crippen LogP contribution in [0.25, 0.3) is 0 Å². The third kappa shape index (κ3) is 3.18. The molecule has 0 aliphatic heterocycles. The number of hydrogen-bond donors (Lipinski definition) is 2. The fourth-order valence-electron chi connectivity index (χ4n) is 1.65. The Labute approximate surface area is 104 Å². The molecule has 2 rings (SSSR count). The maximum absolute atomic E-state index is 10.8. The molecule has 0 radical (unpaired) electrons. The van der Waals surface area contributed by atoms with Gasteiger partial charge in [0.2, 0.25) is 0 Å². The van der Waals surface area contributed by atoms with Crippen LogP contribution in [0, 0.1) is 0 Å². The number of aromatic nitrogens is 1. The number of nitrogens with one attached hydrogen (secondary N) is 1. The Morgan fingerprint density at radius 2 is 2.11 bits per heavy atom. The molecule has 2 heterocycles. The van der Waals surface area contributed by atoms with Crippen molar-refractivity contribution in [2.45, 2.75) is 13.0 Å². The Kier molecular flexibility index (Phi) is 4.09. The summed E-state index contributed by atoms with van der Waals surface area (Å²) in [4.78, 5) is 14.8. The molecule has 18 heavy (non-hydrogen) atoms. The van der Waals surface area contributed by atoms with Crippen LogP contribution in [0.15, 0.2) is 41.3 Å². The summed E-state index contributed by atoms with van der Waals surface area (Å²) in [5.74, 6) is -0.507. The van der Waals surface area contributed by atoms with E-state index in [4.69, 9.17) is 9.52 Å². The number of hydrogen-bond acceptors (Lipinski definition) is 4. The van der Waals surface area contributed by atoms with Gasteiger partial charge in [-0.1, -0.05) is 0 Å². The summed E-state index contributed by atoms with van der Waals surface area (Å²) in [6.07, 6.45) is 5.77. The van der Waals surface area contributed by atoms with Crippen LogP contribution in [0.4, 0.5) is 0 Å². The lowest BCUT2D eigenvalue weighted by molar-refractivity contribution is 0.0694. The molecule has 0 aliphatic rings. The van der Waals surface area contributed by atoms with E-state index in [1.54, 1.807) is 12.4 Å². The van der Waals surface area contributed by atoms with Gasteiger partial charge in [0.15, 0.2) is 0 Å². The van der Waals surface area contributed by atoms with Crippen LogP contribution in [-0.2, 0) is 13.0 Å². The second-order valence-electron chi connectivity index (χ2n) is 3.84. The average Bonchev–Trinajstić information content (AvgIpc) is 2.84. The Morgan fingerprint density at radius 3 is 2.83 bits per heavy atom. The molecule has 0 amide bonds. The van der Waals surface area contributed by atoms with Crippen LogP contribution >= 0.6 is 0 Å². The molecule has 0 unspecified atom stereocenters. The predicted octanol–water partition coefficient (Wildman–Crippen LogP) is 1.71. The van der Waals surface area contributed by atoms with Crippen molar-refractivity contribution in [2.24, 2.45) is 0 Å². The first kappa shape index (κ1) is 12.3. The van der Waals surface area contributed by atoms with Gasteiger partial charge < -0.3 is 14.8 Å². The van der Waals surface area contributed by atoms with E-state index in [0.29, 0.717) is 12.3 Å². The monoisotopic (exact) mass is 246 g/mol. The van der Waals surface area contributed by atoms with Crippen molar-refractivity contribution >= 4 is 5.97 Å². The number of aromatic carboxylic acids is 1. The van der Waals surface area contributed by atoms with E-state index in [2.05, 4.69) is 10.3 Å². The van der Waals surface area contributed by atoms with Gasteiger partial charge in [-0.2, -0.15) is 0 Å². The molecule has 0 bridgehead atoms. The number of carboxylic acid groups (broad SMARTS) is 1. The molecule has 5 heteroatoms. The quantitative estimate of drug-likeness (QED) is 0.759. The minimum Gasteiger partial charge on any atom is -0.478 e. The number of nitrogens with zero attached hydrogens (tertiary/aromatic N) is 1. The van der Waals surface area contributed by atoms with Gasteiger partial charge in [0.25, 0.3) is 0 Å². The first-order chi connectivity index (χ1) is 8.77. The van der Waals surface area contributed by atoms with Crippen LogP contribution in [0.5, 0.6) is 0 Å². The molecule has 2 aromatic heterocycles. The van der Waals surface area contributed by atoms with E-state index in [0.717, 1.165) is 13.0 Å². The molecule has 0 saturated carbocycles. The summed E-state index contributed by atoms with van der Waals surface area (Å²) in [7, 11) is 0. The Morgan fingerprint density at radius 1 is 1.33 bits per heavy atom. The number of pyridine rings is 1. The van der Waals surface area contributed by atoms with E-state index >= 15 is 0 Å². The minimum absolute atomic E-state index is 0.214. The van der Waals surface area contributed by atoms with Crippen LogP contribution in [-0.4, -0.2) is 22.6 Å². The van der Waals surface area contributed by atoms with Crippen molar-refractivity contribution in [3.8, 4) is 0 Å². The molecule has 0 atom stereocenters. The van der Waals surface area contributed by atoms with Gasteiger partial charge in [0.05, 0.1) is 12.8 Å². The zero-order valence-electron chi connectivity index (χ0n) is 9.80. The topological polar surface area (TPSA) is 75.4 Å². The summed E-state index contributed by atoms with van der Waals surface area (Å²) < 4.78 is 5.12. The van der Waals surface area contributed by atoms with E-state index in [9.17, 15) is 4.79 Å². The molecule has 2 aromatic rings. The van der Waals surface area contributed by atoms with Gasteiger partial charge in [0.1, 0.15) is 11.3 Å². The maximum atomic E-state index is 10.8. The van der Waals surface area contributed by atoms with Crippen LogP contribution in [0.2, 0.25) is 0 Å². The predicted molar refractivity (Wildman–Crippen MR) is 65.3 cm³/mol. The van der Waals surface area contributed by atoms with Gasteiger partial charge in [-0.05, 0) is 36.7 Å². The third-order valence-corrected chi connectivity index (χ3v) is 2.60. The van der Waals surface area contributed by atoms with Gasteiger partial charge in [-0.15, -0.1) is 0 Å². The maximum Gasteiger partial charge on any atom is 0.339 e. The van der Waals surface area contributed by atoms with Crippen LogP contribution < -0.4 is 5.32 Å². The molecule has 0 fully saturated rings. The zero-order chi connectivity index (χ0) is 12.8. The molecule has 0 aliphatic carbocycles. The summed E-state index contributed by atoms with van der Waals surface area (Å²) in [6.45, 7) is 1.17. The smallest absolute Gasteiger partial charge is 0.339 e. The molecular weight excluding hydrogens is 232 g/mol. The molecule has 2 N–H and O–H groups in total. The van der Waals surface area contributed by atoms with Gasteiger partial charge in [0, 0.05) is 12.4 Å². The highest BCUT2D eigenvalue weighted by molar-refractivity contribution is 5.88. The van der Waals surface area contributed by atoms with E-state index < -0.39 is 5.97 Å². The largest absolute Gasteiger partial charge is 0.478 e. The highest BCUT2D eigenvalue weighted by Gasteiger charge is 2.12. The summed E-state index contributed by atoms with van der Waals surface area (Å²) in [5.41, 5.74) is 1.40. The highest BCUT2D eigenvalue weighted by atomic mass is 16.4. The van der Waals surface area contributed by atoms with Crippen molar-refractivity contribution in [3.63, 3.8) is 0 Å². The van der Waals surface area contributed by atoms with E-state index in [1.807, 2.05) is 12.1 Å². The van der Waals surface area contributed by atoms with E-state index in [-0.39, 0.29) is 5.56 Å². The fraction of sp³-hybridized carbons (Fsp3) is 0.231. The lowest BCUT2D eigenvalue weighted by Gasteiger charge is -2.03. The van der Waals surface area contributed by atoms with Gasteiger partial charge >= 0.3 is 5.97 Å². The van der Waals surface area contributed by atoms with E-state index in [1.165, 1.54) is 17.9 Å². The normalized spacial score (nSPS) is 10.4. The number of carboxylic acids is 1. The molecule has 0 aromatic carbocycles. The molecular formula is C13H14N2O3. The van der Waals surface area contributed by atoms with Gasteiger partial charge in [-0.3, -0.25) is 4.98 Å². The lowest BCUT2D eigenvalue weighted by Crippen LogP contribution is -2.17. The first-order valence-electron chi connectivity index (χ1n) is 5.66. The van der Waals surface area contributed by atoms with Crippen molar-refractivity contribution in [1.82, 2.24) is 10.3 Å². The minimum atomic E-state index is -0.963. The fourth-order valence-corrected chi connectivity index (χ4v) is 1.65. The van der Waals surface area contributed by atoms with Crippen molar-refractivity contribution in [1.29, 1.82) is 0 Å². The number of carbonyl (C=O) groups is 1. The third-order valence-electron chi connectivity index (χ3n) is 2.60. The SMILES string of the molecule is O=C(O)c1ccoc1CNCCc1ccncc1. The van der Waals surface area contributed by atoms with Crippen molar-refractivity contribution in [3.05, 3.63) is 53.7 Å². The molecule has 5 nitrogen and oxygen atoms in total. The standard InChI is InChI=1S/C13H14N2O3/c16-13(17)11-4-8-18-12(11)9-15-7-3-10-1-5-14-6-2-10/h1-2,4-6,8,15H,3,7,9H2,(H,16,17). The molecule has 0 saturated heterocycles. The van der Waals surface area contributed by atoms with Crippen LogP contribution in [0.3, 0.4) is 0 Å². The highest BCUT2D eigenvalue weighted by Crippen LogP contribution is 2.09. The lowest BCUT2D eigenvalue weighted by atomic mass is 10.2. The molecule has 0 spiro atoms. The molecule has 94 valence electrons. The number of furan rings is 1. The average molecular weight is 246 g/mol. The summed E-state index contributed by atoms with van der Waals surface area (Å²) in [5, 5.41) is 12.0. The second-order valence-corrected chi connectivity index (χ2v) is 3.84. The Hall–Kier alpha value is -2.14. The zero-order valence-corrected chi connectivity index (χ0v) is 9.80. The van der Waals surface area contributed by atoms with Crippen molar-refractivity contribution < 1.29 is 14.3 Å². The first-order valence-corrected chi connectivity index (χ1v) is 5.66. The van der Waals surface area contributed by atoms with Crippen LogP contribution in [0.1, 0.15) is 21.7 Å². The summed E-state index contributed by atoms with van der Waals surface area (Å²) >= 11 is 0. The Balaban J connectivity index is 1.79. The van der Waals surface area contributed by atoms with Gasteiger partial charge in [-0.25, -0.2) is 4.79 Å². The Bertz CT molecular complexity index is 508. The van der Waals surface area contributed by atoms with Crippen molar-refractivity contribution in [2.75, 3.05) is 6.54 Å².